The van der Waals surface area contributed by atoms with Crippen LogP contribution in [0, 0.1) is 18.3 Å². The van der Waals surface area contributed by atoms with Crippen molar-refractivity contribution in [2.45, 2.75) is 69.6 Å². The largest absolute Gasteiger partial charge is 0.490 e. The molecule has 314 valence electrons. The number of hydrogen-bond donors (Lipinski definition) is 2. The number of ether oxygens (including phenoxy) is 1. The molecule has 4 aromatic rings. The molecule has 1 atom stereocenters. The molecular weight excluding hydrogens is 784 g/mol. The van der Waals surface area contributed by atoms with E-state index in [1.54, 1.807) is 24.7 Å². The lowest BCUT2D eigenvalue weighted by molar-refractivity contribution is -0.136. The van der Waals surface area contributed by atoms with E-state index in [4.69, 9.17) is 11.3 Å². The van der Waals surface area contributed by atoms with Gasteiger partial charge in [-0.2, -0.15) is 0 Å². The Morgan fingerprint density at radius 3 is 2.33 bits per heavy atom. The van der Waals surface area contributed by atoms with Crippen molar-refractivity contribution in [2.24, 2.45) is 5.92 Å². The molecular formula is C44H45FN10O6. The molecule has 5 aliphatic rings. The molecule has 4 fully saturated rings. The molecule has 4 aliphatic heterocycles. The van der Waals surface area contributed by atoms with Crippen LogP contribution in [0.3, 0.4) is 0 Å². The number of imide groups is 2. The third-order valence-corrected chi connectivity index (χ3v) is 12.7. The van der Waals surface area contributed by atoms with Crippen LogP contribution in [-0.2, 0) is 9.59 Å². The number of aromatic nitrogens is 3. The number of anilines is 2. The van der Waals surface area contributed by atoms with Gasteiger partial charge < -0.3 is 19.9 Å². The van der Waals surface area contributed by atoms with Gasteiger partial charge in [0.25, 0.3) is 17.7 Å². The van der Waals surface area contributed by atoms with Gasteiger partial charge in [0.1, 0.15) is 29.1 Å². The summed E-state index contributed by atoms with van der Waals surface area (Å²) < 4.78 is 21.8. The predicted molar refractivity (Wildman–Crippen MR) is 221 cm³/mol. The van der Waals surface area contributed by atoms with Crippen molar-refractivity contribution in [3.63, 3.8) is 0 Å². The van der Waals surface area contributed by atoms with Crippen LogP contribution in [-0.4, -0.2) is 118 Å². The first-order chi connectivity index (χ1) is 29.6. The van der Waals surface area contributed by atoms with Crippen molar-refractivity contribution in [2.75, 3.05) is 55.6 Å². The van der Waals surface area contributed by atoms with E-state index in [1.807, 2.05) is 23.1 Å². The van der Waals surface area contributed by atoms with Crippen LogP contribution in [0.25, 0.3) is 15.7 Å². The summed E-state index contributed by atoms with van der Waals surface area (Å²) in [6.07, 6.45) is 10.00. The van der Waals surface area contributed by atoms with Crippen molar-refractivity contribution in [1.29, 1.82) is 0 Å². The lowest BCUT2D eigenvalue weighted by Gasteiger charge is -2.40. The Morgan fingerprint density at radius 1 is 0.869 bits per heavy atom. The van der Waals surface area contributed by atoms with Crippen LogP contribution < -0.4 is 25.2 Å². The van der Waals surface area contributed by atoms with Gasteiger partial charge in [-0.3, -0.25) is 44.1 Å². The molecule has 61 heavy (non-hydrogen) atoms. The third-order valence-electron chi connectivity index (χ3n) is 12.7. The van der Waals surface area contributed by atoms with E-state index < -0.39 is 35.5 Å². The summed E-state index contributed by atoms with van der Waals surface area (Å²) in [5.41, 5.74) is 1.67. The molecule has 2 N–H and O–H groups in total. The zero-order valence-electron chi connectivity index (χ0n) is 33.5. The maximum absolute atomic E-state index is 15.4. The van der Waals surface area contributed by atoms with E-state index >= 15 is 4.39 Å². The van der Waals surface area contributed by atoms with E-state index in [1.165, 1.54) is 6.07 Å². The summed E-state index contributed by atoms with van der Waals surface area (Å²) in [6.45, 7) is 12.5. The lowest BCUT2D eigenvalue weighted by Crippen LogP contribution is -2.54. The minimum atomic E-state index is -1.10. The summed E-state index contributed by atoms with van der Waals surface area (Å²) in [5.74, 6) is -1.44. The summed E-state index contributed by atoms with van der Waals surface area (Å²) in [4.78, 5) is 87.9. The summed E-state index contributed by atoms with van der Waals surface area (Å²) >= 11 is 0. The number of pyridine rings is 1. The Balaban J connectivity index is 0.709. The maximum Gasteiger partial charge on any atom is 0.271 e. The quantitative estimate of drug-likeness (QED) is 0.182. The Bertz CT molecular complexity index is 2440. The zero-order valence-corrected chi connectivity index (χ0v) is 33.5. The SMILES string of the molecule is [C-]#[N+]c1ccc(OC2CCC(NC(=O)c3cnc(N4CCC(CN5CCN(c6cc7c(cc6F)C(=O)N(C6CCC(=O)NC6=O)C7=O)CC5)CC4)cn3)CC2)c2cccnc12. The van der Waals surface area contributed by atoms with E-state index in [-0.39, 0.29) is 53.4 Å². The predicted octanol–water partition coefficient (Wildman–Crippen LogP) is 4.27. The number of hydrogen-bond acceptors (Lipinski definition) is 12. The monoisotopic (exact) mass is 828 g/mol. The van der Waals surface area contributed by atoms with Gasteiger partial charge in [-0.1, -0.05) is 6.07 Å². The van der Waals surface area contributed by atoms with Crippen LogP contribution in [0.4, 0.5) is 21.6 Å². The number of halogens is 1. The van der Waals surface area contributed by atoms with Crippen LogP contribution >= 0.6 is 0 Å². The highest BCUT2D eigenvalue weighted by Gasteiger charge is 2.45. The van der Waals surface area contributed by atoms with Gasteiger partial charge in [0, 0.05) is 69.9 Å². The molecule has 9 rings (SSSR count). The highest BCUT2D eigenvalue weighted by atomic mass is 19.1. The molecule has 2 aromatic carbocycles. The number of carbonyl (C=O) groups excluding carboxylic acids is 5. The number of piperidine rings is 2. The van der Waals surface area contributed by atoms with Gasteiger partial charge in [0.2, 0.25) is 17.5 Å². The highest BCUT2D eigenvalue weighted by molar-refractivity contribution is 6.23. The minimum absolute atomic E-state index is 0.00362. The molecule has 5 amide bonds. The number of carbonyl (C=O) groups is 5. The molecule has 17 heteroatoms. The Labute approximate surface area is 351 Å². The molecule has 2 aromatic heterocycles. The topological polar surface area (TPSA) is 175 Å². The fourth-order valence-electron chi connectivity index (χ4n) is 9.29. The van der Waals surface area contributed by atoms with Gasteiger partial charge in [-0.25, -0.2) is 19.2 Å². The third kappa shape index (κ3) is 8.07. The second kappa shape index (κ2) is 16.8. The lowest BCUT2D eigenvalue weighted by atomic mass is 9.92. The van der Waals surface area contributed by atoms with Crippen LogP contribution in [0.2, 0.25) is 0 Å². The number of piperazine rings is 1. The smallest absolute Gasteiger partial charge is 0.271 e. The first-order valence-electron chi connectivity index (χ1n) is 21.0. The molecule has 0 radical (unpaired) electrons. The molecule has 16 nitrogen and oxygen atoms in total. The van der Waals surface area contributed by atoms with Gasteiger partial charge in [0.15, 0.2) is 0 Å². The van der Waals surface area contributed by atoms with Crippen molar-refractivity contribution >= 4 is 57.6 Å². The van der Waals surface area contributed by atoms with Gasteiger partial charge >= 0.3 is 0 Å². The van der Waals surface area contributed by atoms with E-state index in [9.17, 15) is 24.0 Å². The van der Waals surface area contributed by atoms with E-state index in [0.29, 0.717) is 43.3 Å². The fourth-order valence-corrected chi connectivity index (χ4v) is 9.29. The van der Waals surface area contributed by atoms with Crippen LogP contribution in [0.15, 0.2) is 55.0 Å². The minimum Gasteiger partial charge on any atom is -0.490 e. The second-order valence-electron chi connectivity index (χ2n) is 16.4. The molecule has 0 spiro atoms. The van der Waals surface area contributed by atoms with Crippen molar-refractivity contribution in [3.05, 3.63) is 89.0 Å². The van der Waals surface area contributed by atoms with Gasteiger partial charge in [0.05, 0.1) is 47.4 Å². The van der Waals surface area contributed by atoms with Crippen molar-refractivity contribution in [3.8, 4) is 5.75 Å². The Hall–Kier alpha value is -6.54. The molecule has 3 saturated heterocycles. The Kier molecular flexibility index (Phi) is 11.0. The number of nitrogens with zero attached hydrogens (tertiary/aromatic N) is 8. The normalized spacial score (nSPS) is 22.6. The average Bonchev–Trinajstić information content (AvgIpc) is 3.51. The number of benzene rings is 2. The van der Waals surface area contributed by atoms with Crippen LogP contribution in [0.5, 0.6) is 5.75 Å². The molecule has 0 bridgehead atoms. The van der Waals surface area contributed by atoms with E-state index in [2.05, 4.69) is 40.2 Å². The molecule has 1 saturated carbocycles. The number of nitrogens with one attached hydrogen (secondary N) is 2. The molecule has 6 heterocycles. The summed E-state index contributed by atoms with van der Waals surface area (Å²) in [5, 5.41) is 6.12. The van der Waals surface area contributed by atoms with Gasteiger partial charge in [-0.05, 0) is 81.2 Å². The fraction of sp³-hybridized carbons (Fsp3) is 0.432. The summed E-state index contributed by atoms with van der Waals surface area (Å²) in [7, 11) is 0. The first kappa shape index (κ1) is 39.9. The average molecular weight is 829 g/mol. The maximum atomic E-state index is 15.4. The standard InChI is InChI=1S/C44H45FN10O6/c1-46-33-8-10-37(29-3-2-14-47-40(29)33)61-28-6-4-27(5-7-28)50-41(57)34-23-49-38(24-48-34)54-15-12-26(13-16-54)25-52-17-19-53(20-18-52)36-22-31-30(21-32(36)45)43(59)55(44(31)60)35-9-11-39(56)51-42(35)58/h2-3,8,10,14,21-24,26-28,35H,4-7,9,11-13,15-20,25H2,(H,50,57)(H,51,56,58). The van der Waals surface area contributed by atoms with Crippen molar-refractivity contribution < 1.29 is 33.1 Å². The second-order valence-corrected chi connectivity index (χ2v) is 16.4. The highest BCUT2D eigenvalue weighted by Crippen LogP contribution is 2.35. The number of rotatable bonds is 9. The molecule has 1 aliphatic carbocycles. The van der Waals surface area contributed by atoms with Gasteiger partial charge in [-0.15, -0.1) is 0 Å². The molecule has 1 unspecified atom stereocenters. The van der Waals surface area contributed by atoms with E-state index in [0.717, 1.165) is 86.1 Å². The first-order valence-corrected chi connectivity index (χ1v) is 21.0. The van der Waals surface area contributed by atoms with Crippen molar-refractivity contribution in [1.82, 2.24) is 35.4 Å². The number of amides is 5. The van der Waals surface area contributed by atoms with Crippen LogP contribution in [0.1, 0.15) is 82.6 Å². The number of fused-ring (bicyclic) bond motifs is 2. The Morgan fingerprint density at radius 2 is 1.62 bits per heavy atom. The summed E-state index contributed by atoms with van der Waals surface area (Å²) in [6, 6.07) is 8.77. The zero-order chi connectivity index (χ0) is 42.2.